The molecule has 0 fully saturated rings. The van der Waals surface area contributed by atoms with Crippen LogP contribution in [-0.4, -0.2) is 28.3 Å². The fraction of sp³-hybridized carbons (Fsp3) is 0.125. The first-order valence-electron chi connectivity index (χ1n) is 6.89. The van der Waals surface area contributed by atoms with Crippen LogP contribution in [0, 0.1) is 0 Å². The van der Waals surface area contributed by atoms with E-state index in [1.165, 1.54) is 5.01 Å². The van der Waals surface area contributed by atoms with Crippen LogP contribution in [0.4, 0.5) is 0 Å². The fourth-order valence-corrected chi connectivity index (χ4v) is 4.00. The number of benzene rings is 2. The Bertz CT molecular complexity index is 847. The highest BCUT2D eigenvalue weighted by atomic mass is 79.9. The lowest BCUT2D eigenvalue weighted by Crippen LogP contribution is -2.23. The van der Waals surface area contributed by atoms with Crippen molar-refractivity contribution in [3.63, 3.8) is 0 Å². The maximum atomic E-state index is 12.6. The van der Waals surface area contributed by atoms with E-state index in [-0.39, 0.29) is 11.7 Å². The van der Waals surface area contributed by atoms with E-state index in [0.29, 0.717) is 37.0 Å². The van der Waals surface area contributed by atoms with Crippen molar-refractivity contribution < 1.29 is 9.90 Å². The Balaban J connectivity index is 1.87. The topological polar surface area (TPSA) is 52.9 Å². The molecule has 124 valence electrons. The molecule has 0 unspecified atom stereocenters. The maximum Gasteiger partial charge on any atom is 0.274 e. The number of hydrogen-bond acceptors (Lipinski definition) is 3. The molecule has 0 aliphatic carbocycles. The van der Waals surface area contributed by atoms with E-state index in [1.807, 2.05) is 0 Å². The van der Waals surface area contributed by atoms with Crippen molar-refractivity contribution in [3.05, 3.63) is 59.9 Å². The lowest BCUT2D eigenvalue weighted by molar-refractivity contribution is 0.0778. The van der Waals surface area contributed by atoms with Gasteiger partial charge in [0.25, 0.3) is 5.91 Å². The summed E-state index contributed by atoms with van der Waals surface area (Å²) in [6.07, 6.45) is 0.643. The zero-order valence-corrected chi connectivity index (χ0v) is 17.6. The highest BCUT2D eigenvalue weighted by Gasteiger charge is 2.24. The largest absolute Gasteiger partial charge is 0.506 e. The predicted octanol–water partition coefficient (Wildman–Crippen LogP) is 5.58. The van der Waals surface area contributed by atoms with E-state index in [9.17, 15) is 9.90 Å². The molecule has 0 aromatic heterocycles. The van der Waals surface area contributed by atoms with E-state index in [0.717, 1.165) is 11.3 Å². The summed E-state index contributed by atoms with van der Waals surface area (Å²) in [5.74, 6) is -0.0458. The van der Waals surface area contributed by atoms with Crippen LogP contribution in [0.15, 0.2) is 48.9 Å². The molecule has 0 saturated heterocycles. The number of hydrogen-bond donors (Lipinski definition) is 1. The van der Waals surface area contributed by atoms with Gasteiger partial charge < -0.3 is 5.11 Å². The molecule has 1 heterocycles. The van der Waals surface area contributed by atoms with Gasteiger partial charge in [0.05, 0.1) is 26.2 Å². The first-order valence-corrected chi connectivity index (χ1v) is 9.65. The average molecular weight is 537 g/mol. The summed E-state index contributed by atoms with van der Waals surface area (Å²) in [5.41, 5.74) is 2.15. The number of phenolic OH excluding ortho intramolecular Hbond substituents is 1. The quantitative estimate of drug-likeness (QED) is 0.544. The Hall–Kier alpha value is -0.890. The van der Waals surface area contributed by atoms with Crippen LogP contribution < -0.4 is 0 Å². The van der Waals surface area contributed by atoms with E-state index in [4.69, 9.17) is 11.6 Å². The molecular formula is C16H10Br3ClN2O2. The minimum atomic E-state index is -0.181. The Morgan fingerprint density at radius 2 is 1.79 bits per heavy atom. The first-order chi connectivity index (χ1) is 11.4. The molecule has 0 spiro atoms. The Labute approximate surface area is 168 Å². The zero-order chi connectivity index (χ0) is 17.4. The number of carbonyl (C=O) groups is 1. The predicted molar refractivity (Wildman–Crippen MR) is 105 cm³/mol. The van der Waals surface area contributed by atoms with Crippen molar-refractivity contribution in [1.82, 2.24) is 5.01 Å². The molecule has 4 nitrogen and oxygen atoms in total. The van der Waals surface area contributed by atoms with Crippen LogP contribution in [0.5, 0.6) is 5.75 Å². The van der Waals surface area contributed by atoms with Gasteiger partial charge in [-0.3, -0.25) is 4.79 Å². The van der Waals surface area contributed by atoms with Crippen molar-refractivity contribution in [3.8, 4) is 5.75 Å². The summed E-state index contributed by atoms with van der Waals surface area (Å²) in [7, 11) is 0. The van der Waals surface area contributed by atoms with E-state index < -0.39 is 0 Å². The number of aromatic hydroxyl groups is 1. The number of rotatable bonds is 2. The lowest BCUT2D eigenvalue weighted by Gasteiger charge is -2.11. The van der Waals surface area contributed by atoms with Crippen molar-refractivity contribution in [2.75, 3.05) is 6.54 Å². The van der Waals surface area contributed by atoms with E-state index >= 15 is 0 Å². The van der Waals surface area contributed by atoms with Gasteiger partial charge in [0, 0.05) is 22.0 Å². The van der Waals surface area contributed by atoms with Crippen molar-refractivity contribution >= 4 is 71.0 Å². The fourth-order valence-electron chi connectivity index (χ4n) is 2.32. The van der Waals surface area contributed by atoms with Crippen molar-refractivity contribution in [2.45, 2.75) is 6.42 Å². The number of halogens is 4. The Morgan fingerprint density at radius 3 is 2.42 bits per heavy atom. The SMILES string of the molecule is O=C(c1ccc(Cl)c(Br)c1)N1CCC(c2cc(Br)c(O)c(Br)c2)=N1. The van der Waals surface area contributed by atoms with E-state index in [1.54, 1.807) is 30.3 Å². The number of phenols is 1. The third kappa shape index (κ3) is 3.54. The highest BCUT2D eigenvalue weighted by molar-refractivity contribution is 9.11. The summed E-state index contributed by atoms with van der Waals surface area (Å²) < 4.78 is 1.81. The van der Waals surface area contributed by atoms with Gasteiger partial charge in [-0.25, -0.2) is 5.01 Å². The summed E-state index contributed by atoms with van der Waals surface area (Å²) in [6.45, 7) is 0.504. The summed E-state index contributed by atoms with van der Waals surface area (Å²) >= 11 is 15.9. The lowest BCUT2D eigenvalue weighted by atomic mass is 10.1. The molecule has 0 atom stereocenters. The number of hydrazone groups is 1. The Kier molecular flexibility index (Phi) is 5.34. The van der Waals surface area contributed by atoms with Crippen LogP contribution in [0.2, 0.25) is 5.02 Å². The maximum absolute atomic E-state index is 12.6. The van der Waals surface area contributed by atoms with Crippen LogP contribution in [0.1, 0.15) is 22.3 Å². The summed E-state index contributed by atoms with van der Waals surface area (Å²) in [4.78, 5) is 12.6. The second-order valence-corrected chi connectivity index (χ2v) is 8.11. The van der Waals surface area contributed by atoms with E-state index in [2.05, 4.69) is 52.9 Å². The van der Waals surface area contributed by atoms with Crippen LogP contribution >= 0.6 is 59.4 Å². The molecule has 1 aliphatic rings. The van der Waals surface area contributed by atoms with Gasteiger partial charge in [0.1, 0.15) is 5.75 Å². The monoisotopic (exact) mass is 534 g/mol. The third-order valence-corrected chi connectivity index (χ3v) is 5.98. The number of nitrogens with zero attached hydrogens (tertiary/aromatic N) is 2. The first kappa shape index (κ1) is 17.9. The van der Waals surface area contributed by atoms with Crippen LogP contribution in [0.3, 0.4) is 0 Å². The van der Waals surface area contributed by atoms with Gasteiger partial charge in [0.15, 0.2) is 0 Å². The number of carbonyl (C=O) groups excluding carboxylic acids is 1. The molecule has 0 bridgehead atoms. The second kappa shape index (κ2) is 7.15. The molecule has 2 aromatic carbocycles. The smallest absolute Gasteiger partial charge is 0.274 e. The van der Waals surface area contributed by atoms with Gasteiger partial charge in [0.2, 0.25) is 0 Å². The third-order valence-electron chi connectivity index (χ3n) is 3.55. The molecule has 0 saturated carbocycles. The summed E-state index contributed by atoms with van der Waals surface area (Å²) in [5, 5.41) is 16.2. The number of amides is 1. The molecule has 1 aliphatic heterocycles. The molecule has 3 rings (SSSR count). The molecule has 24 heavy (non-hydrogen) atoms. The average Bonchev–Trinajstić information content (AvgIpc) is 3.04. The van der Waals surface area contributed by atoms with Gasteiger partial charge in [-0.2, -0.15) is 5.10 Å². The summed E-state index contributed by atoms with van der Waals surface area (Å²) in [6, 6.07) is 8.61. The van der Waals surface area contributed by atoms with Gasteiger partial charge >= 0.3 is 0 Å². The normalized spacial score (nSPS) is 14.0. The van der Waals surface area contributed by atoms with Gasteiger partial charge in [-0.1, -0.05) is 11.6 Å². The molecule has 1 amide bonds. The zero-order valence-electron chi connectivity index (χ0n) is 12.1. The van der Waals surface area contributed by atoms with Crippen molar-refractivity contribution in [2.24, 2.45) is 5.10 Å². The van der Waals surface area contributed by atoms with Crippen LogP contribution in [0.25, 0.3) is 0 Å². The minimum Gasteiger partial charge on any atom is -0.506 e. The standard InChI is InChI=1S/C16H10Br3ClN2O2/c17-10-5-8(1-2-13(10)20)16(24)22-4-3-14(21-22)9-6-11(18)15(23)12(19)7-9/h1-2,5-7,23H,3-4H2. The molecule has 2 aromatic rings. The van der Waals surface area contributed by atoms with Crippen molar-refractivity contribution in [1.29, 1.82) is 0 Å². The molecule has 8 heteroatoms. The Morgan fingerprint density at radius 1 is 1.12 bits per heavy atom. The molecule has 1 N–H and O–H groups in total. The highest BCUT2D eigenvalue weighted by Crippen LogP contribution is 2.34. The molecule has 0 radical (unpaired) electrons. The minimum absolute atomic E-state index is 0.135. The van der Waals surface area contributed by atoms with Crippen LogP contribution in [-0.2, 0) is 0 Å². The molecular weight excluding hydrogens is 527 g/mol. The van der Waals surface area contributed by atoms with Gasteiger partial charge in [-0.05, 0) is 78.1 Å². The second-order valence-electron chi connectivity index (χ2n) is 5.14. The van der Waals surface area contributed by atoms with Gasteiger partial charge in [-0.15, -0.1) is 0 Å².